The number of nitrogens with two attached hydrogens (primary N) is 1. The molecule has 1 aliphatic rings. The van der Waals surface area contributed by atoms with Gasteiger partial charge in [0.2, 0.25) is 5.91 Å². The van der Waals surface area contributed by atoms with Crippen molar-refractivity contribution in [1.29, 1.82) is 0 Å². The van der Waals surface area contributed by atoms with Crippen LogP contribution < -0.4 is 11.1 Å². The molecule has 2 aromatic carbocycles. The molecular formula is C26H27ClF3N3O. The first kappa shape index (κ1) is 24.3. The molecule has 34 heavy (non-hydrogen) atoms. The highest BCUT2D eigenvalue weighted by Crippen LogP contribution is 2.42. The predicted octanol–water partition coefficient (Wildman–Crippen LogP) is 7.01. The number of fused-ring (bicyclic) bond motifs is 1. The van der Waals surface area contributed by atoms with Crippen LogP contribution >= 0.6 is 11.6 Å². The van der Waals surface area contributed by atoms with E-state index in [1.807, 2.05) is 19.1 Å². The van der Waals surface area contributed by atoms with Gasteiger partial charge in [-0.25, -0.2) is 0 Å². The molecule has 0 aliphatic heterocycles. The summed E-state index contributed by atoms with van der Waals surface area (Å²) in [5, 5.41) is 4.70. The largest absolute Gasteiger partial charge is 0.416 e. The zero-order valence-corrected chi connectivity index (χ0v) is 19.9. The average Bonchev–Trinajstić information content (AvgIpc) is 2.78. The van der Waals surface area contributed by atoms with Crippen LogP contribution in [0.2, 0.25) is 5.02 Å². The number of nitrogens with zero attached hydrogens (tertiary/aromatic N) is 1. The van der Waals surface area contributed by atoms with Crippen molar-refractivity contribution in [3.05, 3.63) is 69.4 Å². The molecule has 0 spiro atoms. The van der Waals surface area contributed by atoms with Gasteiger partial charge in [0, 0.05) is 23.3 Å². The molecule has 0 bridgehead atoms. The number of carbonyl (C=O) groups is 1. The smallest absolute Gasteiger partial charge is 0.384 e. The van der Waals surface area contributed by atoms with Gasteiger partial charge in [-0.2, -0.15) is 13.2 Å². The van der Waals surface area contributed by atoms with Crippen LogP contribution in [0.25, 0.3) is 10.9 Å². The maximum Gasteiger partial charge on any atom is 0.416 e. The fourth-order valence-electron chi connectivity index (χ4n) is 4.86. The van der Waals surface area contributed by atoms with E-state index in [-0.39, 0.29) is 16.5 Å². The molecule has 8 heteroatoms. The highest BCUT2D eigenvalue weighted by atomic mass is 35.5. The highest BCUT2D eigenvalue weighted by molar-refractivity contribution is 6.34. The zero-order valence-electron chi connectivity index (χ0n) is 19.1. The lowest BCUT2D eigenvalue weighted by molar-refractivity contribution is -0.137. The van der Waals surface area contributed by atoms with Gasteiger partial charge >= 0.3 is 6.18 Å². The fourth-order valence-corrected chi connectivity index (χ4v) is 5.22. The maximum absolute atomic E-state index is 13.4. The number of pyridine rings is 1. The van der Waals surface area contributed by atoms with Gasteiger partial charge in [-0.15, -0.1) is 0 Å². The SMILES string of the molecule is Cc1ccc2c(NCC3CCC(c4cc(C(F)(F)F)cc(C(N)=O)c4Cl)CC3)c(C)ccc2n1. The molecular weight excluding hydrogens is 463 g/mol. The average molecular weight is 490 g/mol. The molecule has 0 unspecified atom stereocenters. The molecule has 1 saturated carbocycles. The van der Waals surface area contributed by atoms with Crippen molar-refractivity contribution >= 4 is 34.1 Å². The second-order valence-corrected chi connectivity index (χ2v) is 9.54. The van der Waals surface area contributed by atoms with Crippen LogP contribution in [0, 0.1) is 19.8 Å². The van der Waals surface area contributed by atoms with E-state index in [0.717, 1.165) is 59.4 Å². The third-order valence-corrected chi connectivity index (χ3v) is 7.19. The zero-order chi connectivity index (χ0) is 24.6. The number of rotatable bonds is 5. The first-order valence-electron chi connectivity index (χ1n) is 11.4. The van der Waals surface area contributed by atoms with Crippen molar-refractivity contribution in [3.8, 4) is 0 Å². The Morgan fingerprint density at radius 2 is 1.82 bits per heavy atom. The lowest BCUT2D eigenvalue weighted by atomic mass is 9.78. The minimum absolute atomic E-state index is 0.0382. The lowest BCUT2D eigenvalue weighted by Gasteiger charge is -2.30. The molecule has 0 radical (unpaired) electrons. The van der Waals surface area contributed by atoms with Crippen molar-refractivity contribution in [2.75, 3.05) is 11.9 Å². The van der Waals surface area contributed by atoms with E-state index >= 15 is 0 Å². The number of nitrogens with one attached hydrogen (secondary N) is 1. The minimum atomic E-state index is -4.58. The lowest BCUT2D eigenvalue weighted by Crippen LogP contribution is -2.22. The Labute approximate surface area is 201 Å². The molecule has 1 amide bonds. The summed E-state index contributed by atoms with van der Waals surface area (Å²) in [5.74, 6) is -0.717. The molecule has 0 saturated heterocycles. The first-order valence-corrected chi connectivity index (χ1v) is 11.7. The molecule has 1 heterocycles. The van der Waals surface area contributed by atoms with E-state index in [0.29, 0.717) is 24.3 Å². The van der Waals surface area contributed by atoms with Crippen molar-refractivity contribution < 1.29 is 18.0 Å². The van der Waals surface area contributed by atoms with Crippen LogP contribution in [0.15, 0.2) is 36.4 Å². The molecule has 4 nitrogen and oxygen atoms in total. The van der Waals surface area contributed by atoms with E-state index in [9.17, 15) is 18.0 Å². The number of anilines is 1. The Morgan fingerprint density at radius 1 is 1.12 bits per heavy atom. The van der Waals surface area contributed by atoms with Crippen LogP contribution in [0.3, 0.4) is 0 Å². The third kappa shape index (κ3) is 4.99. The molecule has 180 valence electrons. The number of halogens is 4. The third-order valence-electron chi connectivity index (χ3n) is 6.77. The summed E-state index contributed by atoms with van der Waals surface area (Å²) in [6.07, 6.45) is -1.50. The van der Waals surface area contributed by atoms with Crippen LogP contribution in [-0.2, 0) is 6.18 Å². The summed E-state index contributed by atoms with van der Waals surface area (Å²) >= 11 is 6.33. The minimum Gasteiger partial charge on any atom is -0.384 e. The number of primary amides is 1. The van der Waals surface area contributed by atoms with E-state index in [1.54, 1.807) is 0 Å². The van der Waals surface area contributed by atoms with E-state index < -0.39 is 17.6 Å². The number of carbonyl (C=O) groups excluding carboxylic acids is 1. The number of aryl methyl sites for hydroxylation is 2. The number of benzene rings is 2. The van der Waals surface area contributed by atoms with Gasteiger partial charge in [0.1, 0.15) is 0 Å². The Kier molecular flexibility index (Phi) is 6.76. The van der Waals surface area contributed by atoms with Crippen LogP contribution in [-0.4, -0.2) is 17.4 Å². The summed E-state index contributed by atoms with van der Waals surface area (Å²) < 4.78 is 40.2. The van der Waals surface area contributed by atoms with Gasteiger partial charge in [-0.05, 0) is 92.8 Å². The first-order chi connectivity index (χ1) is 16.0. The Hall–Kier alpha value is -2.80. The van der Waals surface area contributed by atoms with Crippen molar-refractivity contribution in [2.45, 2.75) is 51.6 Å². The van der Waals surface area contributed by atoms with Crippen molar-refractivity contribution in [3.63, 3.8) is 0 Å². The van der Waals surface area contributed by atoms with Gasteiger partial charge in [-0.1, -0.05) is 17.7 Å². The van der Waals surface area contributed by atoms with Crippen LogP contribution in [0.4, 0.5) is 18.9 Å². The topological polar surface area (TPSA) is 68.0 Å². The molecule has 1 aliphatic carbocycles. The van der Waals surface area contributed by atoms with Crippen molar-refractivity contribution in [1.82, 2.24) is 4.98 Å². The van der Waals surface area contributed by atoms with Gasteiger partial charge in [0.15, 0.2) is 0 Å². The van der Waals surface area contributed by atoms with Crippen molar-refractivity contribution in [2.24, 2.45) is 11.7 Å². The normalized spacial score (nSPS) is 18.8. The number of amides is 1. The Balaban J connectivity index is 1.48. The van der Waals surface area contributed by atoms with Crippen LogP contribution in [0.1, 0.15) is 64.3 Å². The summed E-state index contributed by atoms with van der Waals surface area (Å²) in [5.41, 5.74) is 8.62. The quantitative estimate of drug-likeness (QED) is 0.405. The van der Waals surface area contributed by atoms with Gasteiger partial charge in [0.05, 0.1) is 21.7 Å². The van der Waals surface area contributed by atoms with E-state index in [4.69, 9.17) is 17.3 Å². The Bertz CT molecular complexity index is 1230. The number of hydrogen-bond acceptors (Lipinski definition) is 3. The summed E-state index contributed by atoms with van der Waals surface area (Å²) in [4.78, 5) is 16.3. The summed E-state index contributed by atoms with van der Waals surface area (Å²) in [6.45, 7) is 4.79. The molecule has 4 rings (SSSR count). The predicted molar refractivity (Wildman–Crippen MR) is 129 cm³/mol. The number of hydrogen-bond donors (Lipinski definition) is 2. The number of alkyl halides is 3. The molecule has 3 aromatic rings. The van der Waals surface area contributed by atoms with E-state index in [1.165, 1.54) is 0 Å². The van der Waals surface area contributed by atoms with Gasteiger partial charge < -0.3 is 11.1 Å². The maximum atomic E-state index is 13.4. The Morgan fingerprint density at radius 3 is 2.47 bits per heavy atom. The number of aromatic nitrogens is 1. The fraction of sp³-hybridized carbons (Fsp3) is 0.385. The molecule has 1 fully saturated rings. The summed E-state index contributed by atoms with van der Waals surface area (Å²) in [6, 6.07) is 9.97. The molecule has 3 N–H and O–H groups in total. The summed E-state index contributed by atoms with van der Waals surface area (Å²) in [7, 11) is 0. The highest BCUT2D eigenvalue weighted by Gasteiger charge is 2.34. The molecule has 0 atom stereocenters. The van der Waals surface area contributed by atoms with E-state index in [2.05, 4.69) is 29.4 Å². The molecule has 1 aromatic heterocycles. The van der Waals surface area contributed by atoms with Gasteiger partial charge in [-0.3, -0.25) is 9.78 Å². The second-order valence-electron chi connectivity index (χ2n) is 9.16. The van der Waals surface area contributed by atoms with Crippen LogP contribution in [0.5, 0.6) is 0 Å². The van der Waals surface area contributed by atoms with Gasteiger partial charge in [0.25, 0.3) is 0 Å². The standard InChI is InChI=1S/C26H27ClF3N3O/c1-14-3-10-22-19(9-4-15(2)33-22)24(14)32-13-16-5-7-17(8-6-16)20-11-18(26(28,29)30)12-21(23(20)27)25(31)34/h3-4,9-12,16-17,32H,5-8,13H2,1-2H3,(H2,31,34). The monoisotopic (exact) mass is 489 g/mol. The second kappa shape index (κ2) is 9.45.